The van der Waals surface area contributed by atoms with Crippen molar-refractivity contribution >= 4 is 34.3 Å². The van der Waals surface area contributed by atoms with Crippen molar-refractivity contribution in [3.63, 3.8) is 0 Å². The molecule has 4 heterocycles. The lowest BCUT2D eigenvalue weighted by Gasteiger charge is -2.27. The number of ketones is 1. The SMILES string of the molecule is CC(=O)c1cn(CC(=O)N2[C@H](C(=O)Nc3nc(C(F)(F)F)ncc3C)C[C@@]3(C)C[C@@H]23)c2c(C)cc(-c3cnc(C)nc3)cc12. The molecule has 1 N–H and O–H groups in total. The number of fused-ring (bicyclic) bond motifs is 2. The monoisotopic (exact) mass is 605 g/mol. The smallest absolute Gasteiger partial charge is 0.337 e. The van der Waals surface area contributed by atoms with Gasteiger partial charge in [0.25, 0.3) is 0 Å². The number of anilines is 1. The van der Waals surface area contributed by atoms with E-state index >= 15 is 0 Å². The lowest BCUT2D eigenvalue weighted by molar-refractivity contribution is -0.145. The Kier molecular flexibility index (Phi) is 6.82. The van der Waals surface area contributed by atoms with Crippen molar-refractivity contribution in [3.8, 4) is 11.1 Å². The molecule has 0 bridgehead atoms. The van der Waals surface area contributed by atoms with E-state index in [0.717, 1.165) is 34.8 Å². The molecule has 2 aliphatic rings. The molecule has 44 heavy (non-hydrogen) atoms. The Morgan fingerprint density at radius 3 is 2.36 bits per heavy atom. The zero-order valence-corrected chi connectivity index (χ0v) is 24.8. The Hall–Kier alpha value is -4.68. The van der Waals surface area contributed by atoms with Gasteiger partial charge in [-0.15, -0.1) is 0 Å². The van der Waals surface area contributed by atoms with Gasteiger partial charge in [-0.1, -0.05) is 6.92 Å². The summed E-state index contributed by atoms with van der Waals surface area (Å²) in [6.07, 6.45) is 2.42. The van der Waals surface area contributed by atoms with Crippen molar-refractivity contribution in [3.05, 3.63) is 65.3 Å². The first-order chi connectivity index (χ1) is 20.7. The number of amides is 2. The van der Waals surface area contributed by atoms with Crippen molar-refractivity contribution in [2.24, 2.45) is 5.41 Å². The Morgan fingerprint density at radius 2 is 1.70 bits per heavy atom. The Morgan fingerprint density at radius 1 is 1.00 bits per heavy atom. The average Bonchev–Trinajstić information content (AvgIpc) is 3.30. The van der Waals surface area contributed by atoms with Gasteiger partial charge in [0.2, 0.25) is 17.6 Å². The van der Waals surface area contributed by atoms with Gasteiger partial charge in [-0.3, -0.25) is 14.4 Å². The molecule has 0 radical (unpaired) electrons. The number of hydrogen-bond donors (Lipinski definition) is 1. The second kappa shape index (κ2) is 10.2. The van der Waals surface area contributed by atoms with Gasteiger partial charge in [0.1, 0.15) is 24.2 Å². The zero-order valence-electron chi connectivity index (χ0n) is 24.8. The molecule has 4 aromatic rings. The minimum atomic E-state index is -4.78. The van der Waals surface area contributed by atoms with Crippen molar-refractivity contribution < 1.29 is 27.6 Å². The molecule has 10 nitrogen and oxygen atoms in total. The number of likely N-dealkylation sites (tertiary alicyclic amines) is 1. The van der Waals surface area contributed by atoms with Gasteiger partial charge >= 0.3 is 6.18 Å². The van der Waals surface area contributed by atoms with Crippen LogP contribution in [0, 0.1) is 26.2 Å². The van der Waals surface area contributed by atoms with E-state index in [1.165, 1.54) is 13.8 Å². The molecule has 228 valence electrons. The van der Waals surface area contributed by atoms with E-state index in [9.17, 15) is 27.6 Å². The van der Waals surface area contributed by atoms with Gasteiger partial charge in [0.15, 0.2) is 5.78 Å². The summed E-state index contributed by atoms with van der Waals surface area (Å²) in [5, 5.41) is 3.20. The number of nitrogens with one attached hydrogen (secondary N) is 1. The van der Waals surface area contributed by atoms with E-state index in [0.29, 0.717) is 23.2 Å². The molecule has 0 spiro atoms. The number of rotatable bonds is 6. The summed E-state index contributed by atoms with van der Waals surface area (Å²) < 4.78 is 41.4. The van der Waals surface area contributed by atoms with Crippen LogP contribution in [0.3, 0.4) is 0 Å². The van der Waals surface area contributed by atoms with Crippen LogP contribution < -0.4 is 5.32 Å². The Balaban J connectivity index is 1.30. The second-order valence-electron chi connectivity index (χ2n) is 12.0. The minimum Gasteiger partial charge on any atom is -0.337 e. The molecule has 0 unspecified atom stereocenters. The van der Waals surface area contributed by atoms with E-state index in [2.05, 4.69) is 25.3 Å². The first kappa shape index (κ1) is 29.4. The number of aromatic nitrogens is 5. The highest BCUT2D eigenvalue weighted by atomic mass is 19.4. The van der Waals surface area contributed by atoms with Gasteiger partial charge in [-0.25, -0.2) is 19.9 Å². The standard InChI is InChI=1S/C31H30F3N7O3/c1-15-6-19(20-11-35-18(4)36-12-20)7-21-22(17(3)42)13-40(26(15)21)14-25(43)41-23(8-30(5)9-24(30)41)28(44)38-27-16(2)10-37-29(39-27)31(32,33)34/h6-7,10-13,23-24H,8-9,14H2,1-5H3,(H,37,38,39,44)/t23-,24+,30-/m0/s1. The summed E-state index contributed by atoms with van der Waals surface area (Å²) in [7, 11) is 0. The van der Waals surface area contributed by atoms with Gasteiger partial charge in [-0.05, 0) is 69.2 Å². The van der Waals surface area contributed by atoms with E-state index in [-0.39, 0.29) is 41.1 Å². The number of carbonyl (C=O) groups excluding carboxylic acids is 3. The Bertz CT molecular complexity index is 1850. The third-order valence-electron chi connectivity index (χ3n) is 8.65. The number of halogens is 3. The van der Waals surface area contributed by atoms with Crippen LogP contribution in [0.2, 0.25) is 0 Å². The number of hydrogen-bond acceptors (Lipinski definition) is 7. The highest BCUT2D eigenvalue weighted by Crippen LogP contribution is 2.59. The summed E-state index contributed by atoms with van der Waals surface area (Å²) in [6.45, 7) is 8.52. The predicted molar refractivity (Wildman–Crippen MR) is 155 cm³/mol. The molecule has 1 saturated carbocycles. The van der Waals surface area contributed by atoms with Crippen LogP contribution in [0.1, 0.15) is 59.8 Å². The number of nitrogens with zero attached hydrogens (tertiary/aromatic N) is 6. The van der Waals surface area contributed by atoms with Crippen molar-refractivity contribution in [2.75, 3.05) is 5.32 Å². The number of carbonyl (C=O) groups is 3. The van der Waals surface area contributed by atoms with Crippen LogP contribution in [-0.2, 0) is 22.3 Å². The molecule has 6 rings (SSSR count). The maximum Gasteiger partial charge on any atom is 0.451 e. The fraction of sp³-hybridized carbons (Fsp3) is 0.387. The quantitative estimate of drug-likeness (QED) is 0.305. The average molecular weight is 606 g/mol. The van der Waals surface area contributed by atoms with Crippen LogP contribution in [0.25, 0.3) is 22.0 Å². The van der Waals surface area contributed by atoms with Gasteiger partial charge in [0.05, 0.1) is 5.52 Å². The molecule has 1 aromatic carbocycles. The van der Waals surface area contributed by atoms with Crippen LogP contribution >= 0.6 is 0 Å². The highest BCUT2D eigenvalue weighted by molar-refractivity contribution is 6.09. The summed E-state index contributed by atoms with van der Waals surface area (Å²) in [4.78, 5) is 57.0. The van der Waals surface area contributed by atoms with Gasteiger partial charge < -0.3 is 14.8 Å². The van der Waals surface area contributed by atoms with E-state index in [4.69, 9.17) is 0 Å². The van der Waals surface area contributed by atoms with Crippen LogP contribution in [0.15, 0.2) is 36.9 Å². The number of piperidine rings is 1. The van der Waals surface area contributed by atoms with E-state index in [1.807, 2.05) is 26.0 Å². The molecule has 1 saturated heterocycles. The topological polar surface area (TPSA) is 123 Å². The largest absolute Gasteiger partial charge is 0.451 e. The van der Waals surface area contributed by atoms with Crippen LogP contribution in [0.5, 0.6) is 0 Å². The van der Waals surface area contributed by atoms with Gasteiger partial charge in [0, 0.05) is 52.9 Å². The normalized spacial score (nSPS) is 21.0. The van der Waals surface area contributed by atoms with E-state index in [1.54, 1.807) is 35.0 Å². The molecular formula is C31H30F3N7O3. The first-order valence-electron chi connectivity index (χ1n) is 14.1. The fourth-order valence-electron chi connectivity index (χ4n) is 6.26. The van der Waals surface area contributed by atoms with Gasteiger partial charge in [-0.2, -0.15) is 13.2 Å². The molecule has 3 aromatic heterocycles. The van der Waals surface area contributed by atoms with Crippen molar-refractivity contribution in [1.82, 2.24) is 29.4 Å². The summed E-state index contributed by atoms with van der Waals surface area (Å²) in [5.41, 5.74) is 3.64. The third-order valence-corrected chi connectivity index (χ3v) is 8.65. The number of aryl methyl sites for hydroxylation is 3. The maximum atomic E-state index is 13.9. The molecule has 2 fully saturated rings. The summed E-state index contributed by atoms with van der Waals surface area (Å²) >= 11 is 0. The maximum absolute atomic E-state index is 13.9. The van der Waals surface area contributed by atoms with Crippen LogP contribution in [0.4, 0.5) is 19.0 Å². The lowest BCUT2D eigenvalue weighted by atomic mass is 10.0. The molecule has 13 heteroatoms. The van der Waals surface area contributed by atoms with Crippen LogP contribution in [-0.4, -0.2) is 59.1 Å². The number of Topliss-reactive ketones (excluding diaryl/α,β-unsaturated/α-hetero) is 1. The zero-order chi connectivity index (χ0) is 31.7. The predicted octanol–water partition coefficient (Wildman–Crippen LogP) is 5.05. The lowest BCUT2D eigenvalue weighted by Crippen LogP contribution is -2.46. The molecule has 2 amide bonds. The first-order valence-corrected chi connectivity index (χ1v) is 14.1. The van der Waals surface area contributed by atoms with E-state index < -0.39 is 23.9 Å². The minimum absolute atomic E-state index is 0.126. The molecule has 1 aliphatic carbocycles. The molecule has 1 aliphatic heterocycles. The Labute approximate surface area is 250 Å². The van der Waals surface area contributed by atoms with Crippen molar-refractivity contribution in [2.45, 2.75) is 72.3 Å². The fourth-order valence-corrected chi connectivity index (χ4v) is 6.26. The summed E-state index contributed by atoms with van der Waals surface area (Å²) in [5.74, 6) is -2.06. The highest BCUT2D eigenvalue weighted by Gasteiger charge is 2.64. The summed E-state index contributed by atoms with van der Waals surface area (Å²) in [6, 6.07) is 2.77. The third kappa shape index (κ3) is 5.09. The molecule has 3 atom stereocenters. The number of benzene rings is 1. The molecular weight excluding hydrogens is 575 g/mol. The number of alkyl halides is 3. The second-order valence-corrected chi connectivity index (χ2v) is 12.0. The van der Waals surface area contributed by atoms with Crippen molar-refractivity contribution in [1.29, 1.82) is 0 Å².